The quantitative estimate of drug-likeness (QED) is 0.592. The highest BCUT2D eigenvalue weighted by Gasteiger charge is 2.42. The van der Waals surface area contributed by atoms with Crippen LogP contribution in [-0.2, 0) is 17.9 Å². The number of hydrogen-bond acceptors (Lipinski definition) is 5. The minimum atomic E-state index is 0.138. The van der Waals surface area contributed by atoms with Crippen LogP contribution in [0.15, 0.2) is 35.5 Å². The third-order valence-corrected chi connectivity index (χ3v) is 7.43. The van der Waals surface area contributed by atoms with Crippen molar-refractivity contribution in [3.8, 4) is 0 Å². The Morgan fingerprint density at radius 2 is 1.73 bits per heavy atom. The molecule has 6 nitrogen and oxygen atoms in total. The van der Waals surface area contributed by atoms with Crippen LogP contribution < -0.4 is 5.32 Å². The van der Waals surface area contributed by atoms with Crippen LogP contribution >= 0.6 is 11.8 Å². The molecule has 5 rings (SSSR count). The van der Waals surface area contributed by atoms with Crippen molar-refractivity contribution in [2.45, 2.75) is 62.8 Å². The zero-order chi connectivity index (χ0) is 20.3. The van der Waals surface area contributed by atoms with E-state index in [1.54, 1.807) is 0 Å². The number of nitrogens with zero attached hydrogens (tertiary/aromatic N) is 4. The van der Waals surface area contributed by atoms with Crippen molar-refractivity contribution in [2.75, 3.05) is 18.8 Å². The Bertz CT molecular complexity index is 844. The number of nitrogens with one attached hydrogen (secondary N) is 1. The van der Waals surface area contributed by atoms with Crippen LogP contribution in [0, 0.1) is 11.8 Å². The van der Waals surface area contributed by atoms with E-state index in [0.29, 0.717) is 11.8 Å². The summed E-state index contributed by atoms with van der Waals surface area (Å²) in [6.45, 7) is 3.84. The lowest BCUT2D eigenvalue weighted by Gasteiger charge is -2.18. The number of thioether (sulfide) groups is 1. The van der Waals surface area contributed by atoms with Crippen LogP contribution in [-0.4, -0.2) is 50.5 Å². The van der Waals surface area contributed by atoms with Gasteiger partial charge in [0.1, 0.15) is 5.82 Å². The lowest BCUT2D eigenvalue weighted by molar-refractivity contribution is -0.119. The molecular formula is C23H31N5OS. The van der Waals surface area contributed by atoms with E-state index in [-0.39, 0.29) is 5.91 Å². The van der Waals surface area contributed by atoms with Crippen LogP contribution in [0.5, 0.6) is 0 Å². The van der Waals surface area contributed by atoms with Crippen molar-refractivity contribution >= 4 is 17.7 Å². The monoisotopic (exact) mass is 425 g/mol. The highest BCUT2D eigenvalue weighted by Crippen LogP contribution is 2.44. The molecule has 2 aliphatic carbocycles. The molecule has 2 aromatic rings. The summed E-state index contributed by atoms with van der Waals surface area (Å²) in [7, 11) is 0. The molecule has 1 aromatic carbocycles. The molecule has 30 heavy (non-hydrogen) atoms. The Morgan fingerprint density at radius 3 is 2.40 bits per heavy atom. The fourth-order valence-corrected chi connectivity index (χ4v) is 5.27. The van der Waals surface area contributed by atoms with Gasteiger partial charge in [-0.3, -0.25) is 9.69 Å². The van der Waals surface area contributed by atoms with Gasteiger partial charge in [0.15, 0.2) is 5.16 Å². The van der Waals surface area contributed by atoms with Gasteiger partial charge in [-0.25, -0.2) is 0 Å². The maximum absolute atomic E-state index is 12.6. The molecule has 0 bridgehead atoms. The van der Waals surface area contributed by atoms with E-state index in [1.165, 1.54) is 55.9 Å². The fourth-order valence-electron chi connectivity index (χ4n) is 4.50. The second-order valence-corrected chi connectivity index (χ2v) is 9.95. The van der Waals surface area contributed by atoms with Gasteiger partial charge in [0.2, 0.25) is 5.91 Å². The zero-order valence-corrected chi connectivity index (χ0v) is 18.3. The average molecular weight is 426 g/mol. The number of carbonyl (C=O) groups excluding carboxylic acids is 1. The van der Waals surface area contributed by atoms with E-state index >= 15 is 0 Å². The number of benzene rings is 1. The van der Waals surface area contributed by atoms with E-state index in [9.17, 15) is 4.79 Å². The number of hydrogen-bond donors (Lipinski definition) is 1. The second-order valence-electron chi connectivity index (χ2n) is 9.01. The predicted molar refractivity (Wildman–Crippen MR) is 118 cm³/mol. The van der Waals surface area contributed by atoms with Crippen molar-refractivity contribution < 1.29 is 4.79 Å². The van der Waals surface area contributed by atoms with E-state index in [0.717, 1.165) is 49.0 Å². The summed E-state index contributed by atoms with van der Waals surface area (Å²) < 4.78 is 2.20. The van der Waals surface area contributed by atoms with Gasteiger partial charge < -0.3 is 9.88 Å². The number of amides is 1. The summed E-state index contributed by atoms with van der Waals surface area (Å²) in [5.74, 6) is 2.99. The summed E-state index contributed by atoms with van der Waals surface area (Å²) in [6, 6.07) is 10.8. The number of rotatable bonds is 10. The van der Waals surface area contributed by atoms with E-state index in [1.807, 2.05) is 6.07 Å². The van der Waals surface area contributed by atoms with Crippen molar-refractivity contribution in [3.05, 3.63) is 41.7 Å². The second kappa shape index (κ2) is 9.10. The topological polar surface area (TPSA) is 63.1 Å². The van der Waals surface area contributed by atoms with E-state index in [4.69, 9.17) is 0 Å². The van der Waals surface area contributed by atoms with Crippen molar-refractivity contribution in [1.82, 2.24) is 25.0 Å². The van der Waals surface area contributed by atoms with Crippen LogP contribution in [0.25, 0.3) is 0 Å². The predicted octanol–water partition coefficient (Wildman–Crippen LogP) is 3.32. The Balaban J connectivity index is 1.25. The van der Waals surface area contributed by atoms with Gasteiger partial charge in [0.25, 0.3) is 0 Å². The Morgan fingerprint density at radius 1 is 1.03 bits per heavy atom. The number of aromatic nitrogens is 3. The SMILES string of the molecule is O=C(CSc1nnc(CN2CCCC2)n1Cc1ccccc1)NC(C1CC1)C1CC1. The number of likely N-dealkylation sites (tertiary alicyclic amines) is 1. The first-order valence-corrected chi connectivity index (χ1v) is 12.4. The first-order chi connectivity index (χ1) is 14.8. The van der Waals surface area contributed by atoms with E-state index < -0.39 is 0 Å². The lowest BCUT2D eigenvalue weighted by atomic mass is 10.1. The fraction of sp³-hybridized carbons (Fsp3) is 0.609. The smallest absolute Gasteiger partial charge is 0.230 e. The number of carbonyl (C=O) groups is 1. The summed E-state index contributed by atoms with van der Waals surface area (Å²) in [6.07, 6.45) is 7.63. The van der Waals surface area contributed by atoms with Crippen LogP contribution in [0.2, 0.25) is 0 Å². The molecule has 1 aliphatic heterocycles. The van der Waals surface area contributed by atoms with Crippen LogP contribution in [0.1, 0.15) is 49.9 Å². The summed E-state index contributed by atoms with van der Waals surface area (Å²) >= 11 is 1.52. The van der Waals surface area contributed by atoms with Gasteiger partial charge in [0, 0.05) is 6.04 Å². The van der Waals surface area contributed by atoms with Crippen LogP contribution in [0.4, 0.5) is 0 Å². The molecule has 1 N–H and O–H groups in total. The van der Waals surface area contributed by atoms with Gasteiger partial charge in [-0.2, -0.15) is 0 Å². The van der Waals surface area contributed by atoms with Gasteiger partial charge in [-0.15, -0.1) is 10.2 Å². The van der Waals surface area contributed by atoms with Crippen LogP contribution in [0.3, 0.4) is 0 Å². The third-order valence-electron chi connectivity index (χ3n) is 6.46. The molecule has 1 aromatic heterocycles. The average Bonchev–Trinajstić information content (AvgIpc) is 3.69. The molecule has 2 saturated carbocycles. The summed E-state index contributed by atoms with van der Waals surface area (Å²) in [5, 5.41) is 13.1. The van der Waals surface area contributed by atoms with E-state index in [2.05, 4.69) is 49.2 Å². The molecule has 160 valence electrons. The standard InChI is InChI=1S/C23H31N5OS/c29-21(24-22(18-8-9-18)19-10-11-19)16-30-23-26-25-20(15-27-12-4-5-13-27)28(23)14-17-6-2-1-3-7-17/h1-3,6-7,18-19,22H,4-5,8-16H2,(H,24,29). The summed E-state index contributed by atoms with van der Waals surface area (Å²) in [4.78, 5) is 15.1. The van der Waals surface area contributed by atoms with Gasteiger partial charge >= 0.3 is 0 Å². The van der Waals surface area contributed by atoms with Crippen molar-refractivity contribution in [2.24, 2.45) is 11.8 Å². The molecular weight excluding hydrogens is 394 g/mol. The largest absolute Gasteiger partial charge is 0.352 e. The highest BCUT2D eigenvalue weighted by atomic mass is 32.2. The normalized spacial score (nSPS) is 19.5. The maximum Gasteiger partial charge on any atom is 0.230 e. The Labute approximate surface area is 182 Å². The molecule has 0 unspecified atom stereocenters. The Kier molecular flexibility index (Phi) is 6.09. The lowest BCUT2D eigenvalue weighted by Crippen LogP contribution is -2.39. The highest BCUT2D eigenvalue weighted by molar-refractivity contribution is 7.99. The van der Waals surface area contributed by atoms with Crippen molar-refractivity contribution in [3.63, 3.8) is 0 Å². The summed E-state index contributed by atoms with van der Waals surface area (Å²) in [5.41, 5.74) is 1.23. The molecule has 2 heterocycles. The minimum absolute atomic E-state index is 0.138. The first kappa shape index (κ1) is 20.1. The molecule has 1 amide bonds. The first-order valence-electron chi connectivity index (χ1n) is 11.4. The molecule has 0 atom stereocenters. The molecule has 7 heteroatoms. The van der Waals surface area contributed by atoms with Gasteiger partial charge in [-0.1, -0.05) is 42.1 Å². The molecule has 0 spiro atoms. The molecule has 0 radical (unpaired) electrons. The molecule has 3 aliphatic rings. The van der Waals surface area contributed by atoms with Crippen molar-refractivity contribution in [1.29, 1.82) is 0 Å². The molecule has 3 fully saturated rings. The minimum Gasteiger partial charge on any atom is -0.352 e. The molecule has 1 saturated heterocycles. The zero-order valence-electron chi connectivity index (χ0n) is 17.5. The van der Waals surface area contributed by atoms with Gasteiger partial charge in [0.05, 0.1) is 18.8 Å². The Hall–Kier alpha value is -1.86. The third kappa shape index (κ3) is 5.06. The maximum atomic E-state index is 12.6. The van der Waals surface area contributed by atoms with Gasteiger partial charge in [-0.05, 0) is 69.0 Å².